The van der Waals surface area contributed by atoms with Crippen LogP contribution in [-0.2, 0) is 9.47 Å². The minimum atomic E-state index is -0.520. The van der Waals surface area contributed by atoms with Gasteiger partial charge in [0.05, 0.1) is 38.0 Å². The Morgan fingerprint density at radius 1 is 1.52 bits per heavy atom. The van der Waals surface area contributed by atoms with Gasteiger partial charge in [-0.05, 0) is 37.5 Å². The van der Waals surface area contributed by atoms with Gasteiger partial charge in [0.15, 0.2) is 0 Å². The summed E-state index contributed by atoms with van der Waals surface area (Å²) in [4.78, 5) is 14.8. The normalized spacial score (nSPS) is 15.2. The molecule has 11 heteroatoms. The summed E-state index contributed by atoms with van der Waals surface area (Å²) in [5.41, 5.74) is 1.89. The van der Waals surface area contributed by atoms with E-state index in [4.69, 9.17) is 15.3 Å². The molecule has 1 fully saturated rings. The molecule has 1 amide bonds. The Labute approximate surface area is 175 Å². The Morgan fingerprint density at radius 2 is 2.24 bits per heavy atom. The lowest BCUT2D eigenvalue weighted by Gasteiger charge is -2.21. The van der Waals surface area contributed by atoms with Gasteiger partial charge in [0.2, 0.25) is 0 Å². The quantitative estimate of drug-likeness (QED) is 0.178. The number of hydrogen-bond acceptors (Lipinski definition) is 8. The average molecular weight is 430 g/mol. The lowest BCUT2D eigenvalue weighted by atomic mass is 10.2. The topological polar surface area (TPSA) is 110 Å². The molecule has 29 heavy (non-hydrogen) atoms. The van der Waals surface area contributed by atoms with Crippen LogP contribution in [0.5, 0.6) is 0 Å². The second-order valence-corrected chi connectivity index (χ2v) is 6.13. The lowest BCUT2D eigenvalue weighted by Crippen LogP contribution is -2.33. The highest BCUT2D eigenvalue weighted by Gasteiger charge is 2.32. The highest BCUT2D eigenvalue weighted by atomic mass is 32.1. The monoisotopic (exact) mass is 429 g/mol. The Balaban J connectivity index is 0.000000960. The number of likely N-dealkylation sites (N-methyl/N-ethyl adjacent to an activating group) is 1. The maximum atomic E-state index is 14.5. The second kappa shape index (κ2) is 13.8. The summed E-state index contributed by atoms with van der Waals surface area (Å²) < 4.78 is 23.9. The van der Waals surface area contributed by atoms with Gasteiger partial charge in [-0.2, -0.15) is 0 Å². The van der Waals surface area contributed by atoms with Gasteiger partial charge in [-0.25, -0.2) is 9.18 Å². The number of ether oxygens (including phenoxy) is 2. The first-order valence-electron chi connectivity index (χ1n) is 8.99. The molecule has 0 aromatic heterocycles. The Kier molecular flexibility index (Phi) is 11.7. The van der Waals surface area contributed by atoms with E-state index >= 15 is 0 Å². The molecule has 1 unspecified atom stereocenters. The predicted molar refractivity (Wildman–Crippen MR) is 115 cm³/mol. The van der Waals surface area contributed by atoms with E-state index in [1.165, 1.54) is 28.5 Å². The number of rotatable bonds is 11. The van der Waals surface area contributed by atoms with E-state index in [1.807, 2.05) is 0 Å². The molecule has 0 aliphatic carbocycles. The molecule has 9 nitrogen and oxygen atoms in total. The van der Waals surface area contributed by atoms with E-state index in [0.717, 1.165) is 6.34 Å². The van der Waals surface area contributed by atoms with Crippen LogP contribution in [0.3, 0.4) is 0 Å². The molecule has 1 saturated heterocycles. The molecule has 1 aliphatic heterocycles. The van der Waals surface area contributed by atoms with E-state index in [9.17, 15) is 9.18 Å². The molecule has 2 rings (SSSR count). The van der Waals surface area contributed by atoms with Crippen molar-refractivity contribution in [1.29, 1.82) is 5.41 Å². The number of carbonyl (C=O) groups is 1. The average Bonchev–Trinajstić information content (AvgIpc) is 3.09. The van der Waals surface area contributed by atoms with Crippen LogP contribution in [-0.4, -0.2) is 82.7 Å². The molecular formula is C18H28FN5O4S. The van der Waals surface area contributed by atoms with Gasteiger partial charge >= 0.3 is 6.09 Å². The Morgan fingerprint density at radius 3 is 2.79 bits per heavy atom. The molecule has 1 aromatic carbocycles. The second-order valence-electron chi connectivity index (χ2n) is 5.94. The molecule has 1 aliphatic rings. The lowest BCUT2D eigenvalue weighted by molar-refractivity contribution is 0.141. The summed E-state index contributed by atoms with van der Waals surface area (Å²) in [5.74, 6) is -0.520. The van der Waals surface area contributed by atoms with Gasteiger partial charge in [-0.1, -0.05) is 0 Å². The van der Waals surface area contributed by atoms with Gasteiger partial charge < -0.3 is 30.1 Å². The van der Waals surface area contributed by atoms with Crippen molar-refractivity contribution in [3.8, 4) is 0 Å². The zero-order chi connectivity index (χ0) is 21.6. The summed E-state index contributed by atoms with van der Waals surface area (Å²) in [6.07, 6.45) is 0.284. The number of aliphatic hydroxyl groups is 1. The van der Waals surface area contributed by atoms with Crippen molar-refractivity contribution in [2.24, 2.45) is 0 Å². The van der Waals surface area contributed by atoms with E-state index in [2.05, 4.69) is 27.6 Å². The fourth-order valence-electron chi connectivity index (χ4n) is 2.62. The highest BCUT2D eigenvalue weighted by molar-refractivity contribution is 7.78. The molecule has 1 heterocycles. The number of amides is 1. The molecular weight excluding hydrogens is 401 g/mol. The Hall–Kier alpha value is -2.34. The van der Waals surface area contributed by atoms with Crippen LogP contribution < -0.4 is 20.4 Å². The largest absolute Gasteiger partial charge is 0.493 e. The van der Waals surface area contributed by atoms with Crippen molar-refractivity contribution in [3.63, 3.8) is 0 Å². The van der Waals surface area contributed by atoms with Gasteiger partial charge in [-0.3, -0.25) is 10.3 Å². The van der Waals surface area contributed by atoms with Crippen molar-refractivity contribution in [1.82, 2.24) is 10.6 Å². The van der Waals surface area contributed by atoms with Gasteiger partial charge in [0.25, 0.3) is 0 Å². The minimum Gasteiger partial charge on any atom is -0.493 e. The minimum absolute atomic E-state index is 0.0220. The summed E-state index contributed by atoms with van der Waals surface area (Å²) in [6.45, 7) is 2.24. The third-order valence-corrected chi connectivity index (χ3v) is 4.12. The number of hydrogen-bond donors (Lipinski definition) is 4. The van der Waals surface area contributed by atoms with E-state index < -0.39 is 11.9 Å². The van der Waals surface area contributed by atoms with Crippen molar-refractivity contribution < 1.29 is 23.8 Å². The third-order valence-electron chi connectivity index (χ3n) is 3.93. The number of cyclic esters (lactones) is 1. The number of anilines is 2. The van der Waals surface area contributed by atoms with Crippen LogP contribution in [0.15, 0.2) is 18.2 Å². The van der Waals surface area contributed by atoms with Crippen LogP contribution in [0.1, 0.15) is 0 Å². The van der Waals surface area contributed by atoms with Gasteiger partial charge in [0.1, 0.15) is 17.5 Å². The standard InChI is InChI=1S/C16H24FN5O3.C2H4OS/c1-19-9-13-10-22(16(24)25-13)12-2-3-15(14(17)8-12)21(11-18)6-4-20-5-7-23;1-3-2-4/h2-3,8,11,13,18-20,23H,4-7,9-10H2,1H3;2H,1H3. The maximum absolute atomic E-state index is 14.5. The number of benzene rings is 1. The predicted octanol–water partition coefficient (Wildman–Crippen LogP) is 0.956. The van der Waals surface area contributed by atoms with Crippen LogP contribution in [0.4, 0.5) is 20.6 Å². The number of carbonyl (C=O) groups excluding carboxylic acids is 1. The summed E-state index contributed by atoms with van der Waals surface area (Å²) in [7, 11) is 3.29. The smallest absolute Gasteiger partial charge is 0.414 e. The first-order valence-corrected chi connectivity index (χ1v) is 9.47. The van der Waals surface area contributed by atoms with Crippen LogP contribution in [0, 0.1) is 11.2 Å². The zero-order valence-corrected chi connectivity index (χ0v) is 17.4. The molecule has 162 valence electrons. The number of nitrogens with zero attached hydrogens (tertiary/aromatic N) is 2. The molecule has 0 bridgehead atoms. The first-order chi connectivity index (χ1) is 14.0. The molecule has 0 spiro atoms. The highest BCUT2D eigenvalue weighted by Crippen LogP contribution is 2.27. The van der Waals surface area contributed by atoms with Crippen molar-refractivity contribution in [2.75, 3.05) is 63.3 Å². The summed E-state index contributed by atoms with van der Waals surface area (Å²) in [6, 6.07) is 4.45. The molecule has 1 aromatic rings. The first kappa shape index (κ1) is 24.7. The zero-order valence-electron chi connectivity index (χ0n) is 16.6. The fraction of sp³-hybridized carbons (Fsp3) is 0.500. The van der Waals surface area contributed by atoms with Gasteiger partial charge in [0, 0.05) is 26.2 Å². The summed E-state index contributed by atoms with van der Waals surface area (Å²) in [5, 5.41) is 22.1. The fourth-order valence-corrected chi connectivity index (χ4v) is 2.62. The van der Waals surface area contributed by atoms with E-state index in [0.29, 0.717) is 38.4 Å². The Bertz CT molecular complexity index is 667. The van der Waals surface area contributed by atoms with Crippen LogP contribution in [0.25, 0.3) is 0 Å². The number of methoxy groups -OCH3 is 1. The molecule has 4 N–H and O–H groups in total. The maximum Gasteiger partial charge on any atom is 0.414 e. The van der Waals surface area contributed by atoms with Crippen LogP contribution in [0.2, 0.25) is 0 Å². The molecule has 0 radical (unpaired) electrons. The van der Waals surface area contributed by atoms with Crippen LogP contribution >= 0.6 is 12.2 Å². The molecule has 0 saturated carbocycles. The number of aliphatic hydroxyl groups excluding tert-OH is 1. The van der Waals surface area contributed by atoms with E-state index in [1.54, 1.807) is 19.2 Å². The van der Waals surface area contributed by atoms with Crippen molar-refractivity contribution >= 4 is 41.6 Å². The summed E-state index contributed by atoms with van der Waals surface area (Å²) >= 11 is 4.21. The number of nitrogens with one attached hydrogen (secondary N) is 3. The van der Waals surface area contributed by atoms with Crippen molar-refractivity contribution in [2.45, 2.75) is 6.10 Å². The van der Waals surface area contributed by atoms with E-state index in [-0.39, 0.29) is 18.4 Å². The number of halogens is 1. The number of thiocarbonyl (C=S) groups is 1. The molecule has 1 atom stereocenters. The SMILES string of the molecule is CNCC1CN(c2ccc(N(C=N)CCNCCO)c(F)c2)C(=O)O1.COC=S. The van der Waals surface area contributed by atoms with Gasteiger partial charge in [-0.15, -0.1) is 0 Å². The van der Waals surface area contributed by atoms with Crippen molar-refractivity contribution in [3.05, 3.63) is 24.0 Å². The third kappa shape index (κ3) is 7.89.